The van der Waals surface area contributed by atoms with E-state index in [1.165, 1.54) is 5.69 Å². The van der Waals surface area contributed by atoms with Crippen LogP contribution in [0.3, 0.4) is 0 Å². The summed E-state index contributed by atoms with van der Waals surface area (Å²) in [7, 11) is 1.92. The van der Waals surface area contributed by atoms with Gasteiger partial charge in [0.2, 0.25) is 11.8 Å². The van der Waals surface area contributed by atoms with E-state index in [0.29, 0.717) is 6.42 Å². The van der Waals surface area contributed by atoms with E-state index in [1.54, 1.807) is 11.8 Å². The number of anilines is 1. The number of rotatable bonds is 3. The third-order valence-corrected chi connectivity index (χ3v) is 7.65. The number of fused-ring (bicyclic) bond motifs is 1. The largest absolute Gasteiger partial charge is 0.369 e. The minimum absolute atomic E-state index is 0.108. The average Bonchev–Trinajstić information content (AvgIpc) is 3.17. The fourth-order valence-corrected chi connectivity index (χ4v) is 5.99. The Bertz CT molecular complexity index is 698. The molecule has 0 saturated carbocycles. The van der Waals surface area contributed by atoms with E-state index in [2.05, 4.69) is 36.1 Å². The van der Waals surface area contributed by atoms with E-state index in [9.17, 15) is 9.59 Å². The number of piperidine rings is 1. The molecule has 5 nitrogen and oxygen atoms in total. The molecule has 6 heteroatoms. The first kappa shape index (κ1) is 17.7. The fourth-order valence-electron chi connectivity index (χ4n) is 4.56. The van der Waals surface area contributed by atoms with Gasteiger partial charge in [-0.1, -0.05) is 18.2 Å². The summed E-state index contributed by atoms with van der Waals surface area (Å²) in [5.41, 5.74) is 1.22. The number of benzene rings is 1. The Morgan fingerprint density at radius 2 is 2.08 bits per heavy atom. The summed E-state index contributed by atoms with van der Waals surface area (Å²) < 4.78 is 0. The summed E-state index contributed by atoms with van der Waals surface area (Å²) >= 11 is 1.76. The second kappa shape index (κ2) is 6.80. The third-order valence-electron chi connectivity index (χ3n) is 6.14. The van der Waals surface area contributed by atoms with Gasteiger partial charge in [0, 0.05) is 44.0 Å². The van der Waals surface area contributed by atoms with Gasteiger partial charge in [-0.25, -0.2) is 0 Å². The van der Waals surface area contributed by atoms with Gasteiger partial charge in [0.05, 0.1) is 4.87 Å². The van der Waals surface area contributed by atoms with Crippen molar-refractivity contribution < 1.29 is 9.59 Å². The second-order valence-electron chi connectivity index (χ2n) is 7.79. The summed E-state index contributed by atoms with van der Waals surface area (Å²) in [6.45, 7) is 4.00. The highest BCUT2D eigenvalue weighted by Gasteiger charge is 2.53. The first-order valence-electron chi connectivity index (χ1n) is 9.52. The van der Waals surface area contributed by atoms with E-state index in [4.69, 9.17) is 0 Å². The first-order valence-corrected chi connectivity index (χ1v) is 10.5. The number of carbonyl (C=O) groups is 2. The summed E-state index contributed by atoms with van der Waals surface area (Å²) in [6.07, 6.45) is 3.53. The molecule has 4 rings (SSSR count). The Morgan fingerprint density at radius 3 is 2.85 bits per heavy atom. The molecule has 1 aromatic carbocycles. The van der Waals surface area contributed by atoms with Crippen LogP contribution in [0.2, 0.25) is 0 Å². The predicted octanol–water partition coefficient (Wildman–Crippen LogP) is 2.57. The number of amides is 2. The van der Waals surface area contributed by atoms with Crippen molar-refractivity contribution in [2.45, 2.75) is 49.6 Å². The molecular formula is C20H27N3O2S. The molecule has 3 unspecified atom stereocenters. The molecule has 0 aromatic heterocycles. The van der Waals surface area contributed by atoms with Crippen molar-refractivity contribution in [3.8, 4) is 0 Å². The molecule has 3 saturated heterocycles. The average molecular weight is 374 g/mol. The van der Waals surface area contributed by atoms with Crippen LogP contribution in [0.5, 0.6) is 0 Å². The van der Waals surface area contributed by atoms with Crippen LogP contribution in [0.15, 0.2) is 30.3 Å². The molecular weight excluding hydrogens is 346 g/mol. The van der Waals surface area contributed by atoms with Crippen molar-refractivity contribution in [2.75, 3.05) is 30.8 Å². The van der Waals surface area contributed by atoms with Gasteiger partial charge in [-0.3, -0.25) is 9.59 Å². The Kier molecular flexibility index (Phi) is 4.63. The highest BCUT2D eigenvalue weighted by atomic mass is 32.2. The van der Waals surface area contributed by atoms with Crippen molar-refractivity contribution in [1.29, 1.82) is 0 Å². The Balaban J connectivity index is 1.46. The Morgan fingerprint density at radius 1 is 1.31 bits per heavy atom. The number of likely N-dealkylation sites (N-methyl/N-ethyl adjacent to an activating group) is 1. The minimum atomic E-state index is -0.294. The van der Waals surface area contributed by atoms with Crippen molar-refractivity contribution in [3.05, 3.63) is 30.3 Å². The molecule has 3 aliphatic rings. The van der Waals surface area contributed by atoms with Crippen LogP contribution in [0.25, 0.3) is 0 Å². The van der Waals surface area contributed by atoms with Gasteiger partial charge in [-0.05, 0) is 38.3 Å². The maximum Gasteiger partial charge on any atom is 0.246 e. The molecule has 0 N–H and O–H groups in total. The Hall–Kier alpha value is -1.69. The molecule has 0 aliphatic carbocycles. The Labute approximate surface area is 159 Å². The first-order chi connectivity index (χ1) is 12.5. The van der Waals surface area contributed by atoms with Crippen LogP contribution < -0.4 is 4.90 Å². The predicted molar refractivity (Wildman–Crippen MR) is 105 cm³/mol. The smallest absolute Gasteiger partial charge is 0.246 e. The summed E-state index contributed by atoms with van der Waals surface area (Å²) in [6, 6.07) is 10.3. The van der Waals surface area contributed by atoms with Crippen LogP contribution in [0.1, 0.15) is 32.6 Å². The number of thioether (sulfide) groups is 1. The van der Waals surface area contributed by atoms with Gasteiger partial charge >= 0.3 is 0 Å². The van der Waals surface area contributed by atoms with Gasteiger partial charge in [0.25, 0.3) is 0 Å². The molecule has 26 heavy (non-hydrogen) atoms. The molecule has 2 amide bonds. The van der Waals surface area contributed by atoms with E-state index in [1.807, 2.05) is 22.9 Å². The van der Waals surface area contributed by atoms with Gasteiger partial charge in [-0.15, -0.1) is 11.8 Å². The topological polar surface area (TPSA) is 43.9 Å². The summed E-state index contributed by atoms with van der Waals surface area (Å²) in [4.78, 5) is 31.5. The van der Waals surface area contributed by atoms with Crippen molar-refractivity contribution in [1.82, 2.24) is 9.80 Å². The summed E-state index contributed by atoms with van der Waals surface area (Å²) in [5, 5.41) is 0. The van der Waals surface area contributed by atoms with E-state index < -0.39 is 0 Å². The van der Waals surface area contributed by atoms with Gasteiger partial charge in [0.1, 0.15) is 6.04 Å². The van der Waals surface area contributed by atoms with Crippen LogP contribution in [0, 0.1) is 0 Å². The number of hydrogen-bond donors (Lipinski definition) is 0. The van der Waals surface area contributed by atoms with Gasteiger partial charge < -0.3 is 14.7 Å². The minimum Gasteiger partial charge on any atom is -0.369 e. The van der Waals surface area contributed by atoms with Crippen LogP contribution in [-0.2, 0) is 9.59 Å². The van der Waals surface area contributed by atoms with Crippen LogP contribution in [-0.4, -0.2) is 64.5 Å². The number of hydrogen-bond acceptors (Lipinski definition) is 4. The third kappa shape index (κ3) is 2.98. The lowest BCUT2D eigenvalue weighted by Crippen LogP contribution is -2.55. The SMILES string of the molecule is CN(C(=O)C1CSC2(C)CCC(=O)N12)C1CCCN(c2ccccc2)C1. The van der Waals surface area contributed by atoms with Gasteiger partial charge in [0.15, 0.2) is 0 Å². The standard InChI is InChI=1S/C20H27N3O2S/c1-20-11-10-18(24)23(20)17(14-26-20)19(25)21(2)16-9-6-12-22(13-16)15-7-4-3-5-8-15/h3-5,7-8,16-17H,6,9-14H2,1-2H3. The quantitative estimate of drug-likeness (QED) is 0.817. The van der Waals surface area contributed by atoms with Gasteiger partial charge in [-0.2, -0.15) is 0 Å². The molecule has 3 atom stereocenters. The normalized spacial score (nSPS) is 31.2. The molecule has 140 valence electrons. The maximum atomic E-state index is 13.2. The molecule has 3 heterocycles. The summed E-state index contributed by atoms with van der Waals surface area (Å²) in [5.74, 6) is 0.968. The van der Waals surface area contributed by atoms with Crippen LogP contribution >= 0.6 is 11.8 Å². The van der Waals surface area contributed by atoms with Crippen molar-refractivity contribution in [3.63, 3.8) is 0 Å². The van der Waals surface area contributed by atoms with Crippen LogP contribution in [0.4, 0.5) is 5.69 Å². The number of nitrogens with zero attached hydrogens (tertiary/aromatic N) is 3. The number of para-hydroxylation sites is 1. The lowest BCUT2D eigenvalue weighted by atomic mass is 10.0. The lowest BCUT2D eigenvalue weighted by Gasteiger charge is -2.40. The van der Waals surface area contributed by atoms with E-state index >= 15 is 0 Å². The zero-order valence-electron chi connectivity index (χ0n) is 15.6. The number of carbonyl (C=O) groups excluding carboxylic acids is 2. The zero-order chi connectivity index (χ0) is 18.3. The monoisotopic (exact) mass is 373 g/mol. The van der Waals surface area contributed by atoms with Crippen molar-refractivity contribution in [2.24, 2.45) is 0 Å². The van der Waals surface area contributed by atoms with Crippen molar-refractivity contribution >= 4 is 29.3 Å². The molecule has 0 radical (unpaired) electrons. The van der Waals surface area contributed by atoms with E-state index in [0.717, 1.165) is 38.1 Å². The second-order valence-corrected chi connectivity index (χ2v) is 9.29. The highest BCUT2D eigenvalue weighted by Crippen LogP contribution is 2.47. The molecule has 0 bridgehead atoms. The molecule has 3 fully saturated rings. The molecule has 0 spiro atoms. The molecule has 1 aromatic rings. The van der Waals surface area contributed by atoms with E-state index in [-0.39, 0.29) is 28.8 Å². The maximum absolute atomic E-state index is 13.2. The molecule has 3 aliphatic heterocycles. The highest BCUT2D eigenvalue weighted by molar-refractivity contribution is 8.01. The lowest BCUT2D eigenvalue weighted by molar-refractivity contribution is -0.144. The fraction of sp³-hybridized carbons (Fsp3) is 0.600. The zero-order valence-corrected chi connectivity index (χ0v) is 16.4.